The van der Waals surface area contributed by atoms with Gasteiger partial charge in [0.25, 0.3) is 0 Å². The quantitative estimate of drug-likeness (QED) is 0.889. The normalized spacial score (nSPS) is 13.7. The lowest BCUT2D eigenvalue weighted by molar-refractivity contribution is 0.355. The minimum absolute atomic E-state index is 0.111. The third-order valence-electron chi connectivity index (χ3n) is 2.82. The second-order valence-electron chi connectivity index (χ2n) is 6.17. The van der Waals surface area contributed by atoms with Crippen LogP contribution < -0.4 is 11.0 Å². The largest absolute Gasteiger partial charge is 0.347 e. The standard InChI is InChI=1S/C14H25N3O/c1-10(8-15-14(4,5)6)9-17-12(3)7-11(2)16-13(17)18/h7,10,15H,8-9H2,1-6H3. The first-order chi connectivity index (χ1) is 8.19. The van der Waals surface area contributed by atoms with Crippen LogP contribution in [-0.2, 0) is 6.54 Å². The van der Waals surface area contributed by atoms with Crippen molar-refractivity contribution in [2.75, 3.05) is 6.54 Å². The first-order valence-corrected chi connectivity index (χ1v) is 6.49. The van der Waals surface area contributed by atoms with Crippen molar-refractivity contribution in [3.63, 3.8) is 0 Å². The molecule has 4 heteroatoms. The van der Waals surface area contributed by atoms with Crippen molar-refractivity contribution in [2.45, 2.75) is 53.6 Å². The van der Waals surface area contributed by atoms with Crippen molar-refractivity contribution >= 4 is 0 Å². The molecule has 102 valence electrons. The second kappa shape index (κ2) is 5.65. The van der Waals surface area contributed by atoms with E-state index in [0.29, 0.717) is 12.5 Å². The number of aryl methyl sites for hydroxylation is 2. The Hall–Kier alpha value is -1.16. The van der Waals surface area contributed by atoms with Crippen LogP contribution in [0.5, 0.6) is 0 Å². The molecule has 0 aliphatic heterocycles. The molecule has 0 saturated heterocycles. The predicted molar refractivity (Wildman–Crippen MR) is 74.9 cm³/mol. The van der Waals surface area contributed by atoms with E-state index in [1.165, 1.54) is 0 Å². The van der Waals surface area contributed by atoms with E-state index in [-0.39, 0.29) is 11.2 Å². The van der Waals surface area contributed by atoms with Crippen molar-refractivity contribution in [3.8, 4) is 0 Å². The lowest BCUT2D eigenvalue weighted by atomic mass is 10.1. The summed E-state index contributed by atoms with van der Waals surface area (Å²) in [5.74, 6) is 0.394. The molecule has 0 aliphatic rings. The average Bonchev–Trinajstić information content (AvgIpc) is 2.19. The second-order valence-corrected chi connectivity index (χ2v) is 6.17. The molecule has 0 spiro atoms. The highest BCUT2D eigenvalue weighted by atomic mass is 16.1. The topological polar surface area (TPSA) is 46.9 Å². The van der Waals surface area contributed by atoms with Gasteiger partial charge >= 0.3 is 5.69 Å². The number of nitrogens with one attached hydrogen (secondary N) is 1. The molecule has 0 bridgehead atoms. The summed E-state index contributed by atoms with van der Waals surface area (Å²) < 4.78 is 1.75. The lowest BCUT2D eigenvalue weighted by Gasteiger charge is -2.24. The fourth-order valence-corrected chi connectivity index (χ4v) is 1.85. The minimum Gasteiger partial charge on any atom is -0.312 e. The van der Waals surface area contributed by atoms with E-state index in [1.807, 2.05) is 19.9 Å². The van der Waals surface area contributed by atoms with Crippen LogP contribution >= 0.6 is 0 Å². The molecule has 1 rings (SSSR count). The molecule has 0 amide bonds. The monoisotopic (exact) mass is 251 g/mol. The van der Waals surface area contributed by atoms with Crippen molar-refractivity contribution < 1.29 is 0 Å². The first kappa shape index (κ1) is 14.9. The maximum atomic E-state index is 11.8. The molecular weight excluding hydrogens is 226 g/mol. The van der Waals surface area contributed by atoms with Crippen LogP contribution in [0.25, 0.3) is 0 Å². The highest BCUT2D eigenvalue weighted by Crippen LogP contribution is 2.05. The third-order valence-corrected chi connectivity index (χ3v) is 2.82. The zero-order valence-corrected chi connectivity index (χ0v) is 12.4. The SMILES string of the molecule is Cc1cc(C)n(CC(C)CNC(C)(C)C)c(=O)n1. The van der Waals surface area contributed by atoms with Gasteiger partial charge < -0.3 is 5.32 Å². The Bertz CT molecular complexity index is 457. The Morgan fingerprint density at radius 3 is 2.50 bits per heavy atom. The summed E-state index contributed by atoms with van der Waals surface area (Å²) in [6.07, 6.45) is 0. The van der Waals surface area contributed by atoms with Crippen molar-refractivity contribution in [3.05, 3.63) is 27.9 Å². The summed E-state index contributed by atoms with van der Waals surface area (Å²) in [5, 5.41) is 3.46. The van der Waals surface area contributed by atoms with E-state index >= 15 is 0 Å². The minimum atomic E-state index is -0.143. The van der Waals surface area contributed by atoms with Crippen LogP contribution in [0.2, 0.25) is 0 Å². The van der Waals surface area contributed by atoms with Gasteiger partial charge in [-0.3, -0.25) is 4.57 Å². The third kappa shape index (κ3) is 4.61. The Kier molecular flexibility index (Phi) is 4.68. The fraction of sp³-hybridized carbons (Fsp3) is 0.714. The number of nitrogens with zero attached hydrogens (tertiary/aromatic N) is 2. The van der Waals surface area contributed by atoms with Crippen LogP contribution in [-0.4, -0.2) is 21.6 Å². The Balaban J connectivity index is 2.71. The molecule has 1 aromatic rings. The molecule has 1 aromatic heterocycles. The molecular formula is C14H25N3O. The van der Waals surface area contributed by atoms with Gasteiger partial charge in [-0.1, -0.05) is 6.92 Å². The van der Waals surface area contributed by atoms with Crippen molar-refractivity contribution in [1.29, 1.82) is 0 Å². The fourth-order valence-electron chi connectivity index (χ4n) is 1.85. The first-order valence-electron chi connectivity index (χ1n) is 6.49. The van der Waals surface area contributed by atoms with Crippen molar-refractivity contribution in [2.24, 2.45) is 5.92 Å². The van der Waals surface area contributed by atoms with Crippen LogP contribution in [0, 0.1) is 19.8 Å². The molecule has 1 atom stereocenters. The van der Waals surface area contributed by atoms with E-state index in [9.17, 15) is 4.79 Å². The van der Waals surface area contributed by atoms with Crippen LogP contribution in [0.15, 0.2) is 10.9 Å². The lowest BCUT2D eigenvalue weighted by Crippen LogP contribution is -2.40. The Labute approximate surface area is 109 Å². The van der Waals surface area contributed by atoms with Gasteiger partial charge in [0.05, 0.1) is 0 Å². The van der Waals surface area contributed by atoms with E-state index in [4.69, 9.17) is 0 Å². The van der Waals surface area contributed by atoms with Gasteiger partial charge in [0.15, 0.2) is 0 Å². The summed E-state index contributed by atoms with van der Waals surface area (Å²) in [5.41, 5.74) is 1.74. The molecule has 1 heterocycles. The number of hydrogen-bond donors (Lipinski definition) is 1. The Morgan fingerprint density at radius 1 is 1.39 bits per heavy atom. The van der Waals surface area contributed by atoms with Crippen molar-refractivity contribution in [1.82, 2.24) is 14.9 Å². The zero-order chi connectivity index (χ0) is 13.9. The maximum absolute atomic E-state index is 11.8. The summed E-state index contributed by atoms with van der Waals surface area (Å²) >= 11 is 0. The van der Waals surface area contributed by atoms with E-state index in [2.05, 4.69) is 38.0 Å². The van der Waals surface area contributed by atoms with Gasteiger partial charge in [0.1, 0.15) is 0 Å². The smallest absolute Gasteiger partial charge is 0.312 e. The molecule has 1 N–H and O–H groups in total. The van der Waals surface area contributed by atoms with Crippen LogP contribution in [0.3, 0.4) is 0 Å². The Morgan fingerprint density at radius 2 is 2.00 bits per heavy atom. The highest BCUT2D eigenvalue weighted by Gasteiger charge is 2.13. The molecule has 1 unspecified atom stereocenters. The van der Waals surface area contributed by atoms with E-state index in [1.54, 1.807) is 4.57 Å². The molecule has 0 saturated carbocycles. The number of aromatic nitrogens is 2. The van der Waals surface area contributed by atoms with Crippen LogP contribution in [0.4, 0.5) is 0 Å². The molecule has 0 aliphatic carbocycles. The predicted octanol–water partition coefficient (Wildman–Crippen LogP) is 1.88. The van der Waals surface area contributed by atoms with E-state index in [0.717, 1.165) is 17.9 Å². The van der Waals surface area contributed by atoms with Gasteiger partial charge in [-0.05, 0) is 53.1 Å². The number of rotatable bonds is 4. The van der Waals surface area contributed by atoms with Gasteiger partial charge in [0, 0.05) is 23.5 Å². The molecule has 4 nitrogen and oxygen atoms in total. The summed E-state index contributed by atoms with van der Waals surface area (Å²) in [6.45, 7) is 14.0. The molecule has 18 heavy (non-hydrogen) atoms. The average molecular weight is 251 g/mol. The molecule has 0 radical (unpaired) electrons. The van der Waals surface area contributed by atoms with Gasteiger partial charge in [-0.15, -0.1) is 0 Å². The maximum Gasteiger partial charge on any atom is 0.347 e. The summed E-state index contributed by atoms with van der Waals surface area (Å²) in [7, 11) is 0. The summed E-state index contributed by atoms with van der Waals surface area (Å²) in [6, 6.07) is 1.95. The number of hydrogen-bond acceptors (Lipinski definition) is 3. The van der Waals surface area contributed by atoms with Crippen LogP contribution in [0.1, 0.15) is 39.1 Å². The van der Waals surface area contributed by atoms with Gasteiger partial charge in [0.2, 0.25) is 0 Å². The molecule has 0 aromatic carbocycles. The van der Waals surface area contributed by atoms with E-state index < -0.39 is 0 Å². The zero-order valence-electron chi connectivity index (χ0n) is 12.4. The molecule has 0 fully saturated rings. The van der Waals surface area contributed by atoms with Gasteiger partial charge in [-0.25, -0.2) is 4.79 Å². The highest BCUT2D eigenvalue weighted by molar-refractivity contribution is 5.06. The van der Waals surface area contributed by atoms with Gasteiger partial charge in [-0.2, -0.15) is 4.98 Å². The summed E-state index contributed by atoms with van der Waals surface area (Å²) in [4.78, 5) is 15.8.